The summed E-state index contributed by atoms with van der Waals surface area (Å²) >= 11 is 0. The monoisotopic (exact) mass is 1090 g/mol. The summed E-state index contributed by atoms with van der Waals surface area (Å²) in [5.41, 5.74) is 29.9. The molecule has 12 aromatic carbocycles. The van der Waals surface area contributed by atoms with Gasteiger partial charge in [0, 0.05) is 49.8 Å². The molecule has 15 rings (SSSR count). The largest absolute Gasteiger partial charge is 0.310 e. The number of nitrogens with zero attached hydrogens (tertiary/aromatic N) is 2. The fourth-order valence-corrected chi connectivity index (χ4v) is 14.5. The molecule has 0 fully saturated rings. The van der Waals surface area contributed by atoms with E-state index in [-0.39, 0.29) is 16.2 Å². The van der Waals surface area contributed by atoms with Crippen LogP contribution in [-0.2, 0) is 16.2 Å². The van der Waals surface area contributed by atoms with Gasteiger partial charge in [0.1, 0.15) is 0 Å². The van der Waals surface area contributed by atoms with Gasteiger partial charge in [-0.25, -0.2) is 0 Å². The summed E-state index contributed by atoms with van der Waals surface area (Å²) in [5, 5.41) is 4.94. The van der Waals surface area contributed by atoms with Crippen LogP contribution in [0, 0.1) is 13.8 Å². The molecule has 410 valence electrons. The minimum absolute atomic E-state index is 0.159. The van der Waals surface area contributed by atoms with Crippen LogP contribution in [0.5, 0.6) is 0 Å². The Bertz CT molecular complexity index is 4480. The van der Waals surface area contributed by atoms with Gasteiger partial charge >= 0.3 is 0 Å². The van der Waals surface area contributed by atoms with Crippen molar-refractivity contribution in [3.05, 3.63) is 309 Å². The van der Waals surface area contributed by atoms with Gasteiger partial charge in [-0.2, -0.15) is 0 Å². The van der Waals surface area contributed by atoms with Crippen molar-refractivity contribution < 1.29 is 0 Å². The van der Waals surface area contributed by atoms with Crippen LogP contribution in [0.4, 0.5) is 34.1 Å². The van der Waals surface area contributed by atoms with Crippen molar-refractivity contribution in [2.24, 2.45) is 0 Å². The second kappa shape index (κ2) is 19.7. The highest BCUT2D eigenvalue weighted by atomic mass is 15.1. The Morgan fingerprint density at radius 1 is 0.259 bits per heavy atom. The van der Waals surface area contributed by atoms with Gasteiger partial charge in [0.2, 0.25) is 0 Å². The minimum atomic E-state index is -0.194. The highest BCUT2D eigenvalue weighted by Crippen LogP contribution is 2.54. The Morgan fingerprint density at radius 3 is 0.882 bits per heavy atom. The van der Waals surface area contributed by atoms with E-state index >= 15 is 0 Å². The highest BCUT2D eigenvalue weighted by Gasteiger charge is 2.39. The van der Waals surface area contributed by atoms with Gasteiger partial charge in [-0.05, 0) is 185 Å². The van der Waals surface area contributed by atoms with Crippen LogP contribution >= 0.6 is 0 Å². The number of hydrogen-bond donors (Lipinski definition) is 0. The third-order valence-electron chi connectivity index (χ3n) is 19.1. The van der Waals surface area contributed by atoms with Gasteiger partial charge in [-0.3, -0.25) is 0 Å². The Kier molecular flexibility index (Phi) is 12.1. The molecule has 2 nitrogen and oxygen atoms in total. The minimum Gasteiger partial charge on any atom is -0.310 e. The van der Waals surface area contributed by atoms with Gasteiger partial charge in [0.15, 0.2) is 0 Å². The molecule has 0 saturated heterocycles. The third-order valence-corrected chi connectivity index (χ3v) is 19.1. The maximum absolute atomic E-state index is 2.44. The quantitative estimate of drug-likeness (QED) is 0.126. The van der Waals surface area contributed by atoms with Gasteiger partial charge in [0.25, 0.3) is 0 Å². The van der Waals surface area contributed by atoms with E-state index in [0.717, 1.165) is 22.7 Å². The first-order valence-electron chi connectivity index (χ1n) is 30.1. The summed E-state index contributed by atoms with van der Waals surface area (Å²) < 4.78 is 0. The first kappa shape index (κ1) is 52.1. The lowest BCUT2D eigenvalue weighted by atomic mass is 9.81. The summed E-state index contributed by atoms with van der Waals surface area (Å²) in [5.74, 6) is 0. The molecule has 2 heteroatoms. The van der Waals surface area contributed by atoms with E-state index in [1.807, 2.05) is 0 Å². The molecule has 0 aliphatic heterocycles. The molecule has 0 N–H and O–H groups in total. The van der Waals surface area contributed by atoms with E-state index in [2.05, 4.69) is 332 Å². The molecular weight excluding hydrogens is 1020 g/mol. The second-order valence-electron chi connectivity index (χ2n) is 25.6. The van der Waals surface area contributed by atoms with Gasteiger partial charge in [0.05, 0.1) is 11.4 Å². The molecule has 0 unspecified atom stereocenters. The smallest absolute Gasteiger partial charge is 0.0540 e. The van der Waals surface area contributed by atoms with Gasteiger partial charge in [-0.15, -0.1) is 0 Å². The molecular formula is C83H68N2. The summed E-state index contributed by atoms with van der Waals surface area (Å²) in [7, 11) is 0. The SMILES string of the molecule is Cc1cccc(N(c2ccc3c(c2)C(C)(C)c2cc(C=Cc4ccc5c(c4)C(C)(C)c4cc(C=Cc6ccc7c(c6)C(C)(C)c6cc(N(c8cccc(C)c8)c8cccc9ccccc89)ccc6-7)ccc4-5)ccc2-3)c2cccc3ccccc23)c1. The predicted molar refractivity (Wildman–Crippen MR) is 364 cm³/mol. The molecule has 0 amide bonds. The fraction of sp³-hybridized carbons (Fsp3) is 0.133. The lowest BCUT2D eigenvalue weighted by Gasteiger charge is -2.29. The van der Waals surface area contributed by atoms with Gasteiger partial charge in [-0.1, -0.05) is 248 Å². The van der Waals surface area contributed by atoms with Crippen LogP contribution in [-0.4, -0.2) is 0 Å². The molecule has 0 spiro atoms. The molecule has 3 aliphatic rings. The molecule has 0 bridgehead atoms. The number of anilines is 6. The second-order valence-corrected chi connectivity index (χ2v) is 25.6. The van der Waals surface area contributed by atoms with Crippen molar-refractivity contribution in [1.29, 1.82) is 0 Å². The van der Waals surface area contributed by atoms with E-state index in [0.29, 0.717) is 0 Å². The van der Waals surface area contributed by atoms with E-state index in [1.54, 1.807) is 0 Å². The lowest BCUT2D eigenvalue weighted by molar-refractivity contribution is 0.660. The van der Waals surface area contributed by atoms with Crippen LogP contribution < -0.4 is 9.80 Å². The van der Waals surface area contributed by atoms with Crippen LogP contribution in [0.25, 0.3) is 79.2 Å². The van der Waals surface area contributed by atoms with Crippen molar-refractivity contribution >= 4 is 80.0 Å². The molecule has 12 aromatic rings. The number of aryl methyl sites for hydroxylation is 2. The predicted octanol–water partition coefficient (Wildman–Crippen LogP) is 22.8. The summed E-state index contributed by atoms with van der Waals surface area (Å²) in [4.78, 5) is 4.88. The first-order valence-corrected chi connectivity index (χ1v) is 30.1. The van der Waals surface area contributed by atoms with Crippen molar-refractivity contribution in [2.45, 2.75) is 71.6 Å². The van der Waals surface area contributed by atoms with Crippen molar-refractivity contribution in [1.82, 2.24) is 0 Å². The van der Waals surface area contributed by atoms with Crippen LogP contribution in [0.1, 0.15) is 108 Å². The number of rotatable bonds is 10. The number of benzene rings is 12. The molecule has 85 heavy (non-hydrogen) atoms. The van der Waals surface area contributed by atoms with E-state index < -0.39 is 0 Å². The number of fused-ring (bicyclic) bond motifs is 11. The highest BCUT2D eigenvalue weighted by molar-refractivity contribution is 6.01. The molecule has 3 aliphatic carbocycles. The average Bonchev–Trinajstić information content (AvgIpc) is 1.73. The Hall–Kier alpha value is -9.76. The standard InChI is InChI=1S/C83H68N2/c1-53-17-13-23-61(45-53)84(79-27-15-21-59-19-9-11-25-65(59)79)63-37-43-71-69-41-35-57(49-75(69)82(5,6)77(71)51-63)31-29-55-33-39-67-68-40-34-56(48-74(68)81(3,4)73(67)47-55)30-32-58-36-42-70-72-44-38-64(52-78(72)83(7,8)76(70)50-58)85(62-24-14-18-54(2)46-62)80-28-16-22-60-20-10-12-26-66(60)80/h9-52H,1-8H3. The maximum Gasteiger partial charge on any atom is 0.0540 e. The molecule has 0 radical (unpaired) electrons. The Balaban J connectivity index is 0.673. The lowest BCUT2D eigenvalue weighted by Crippen LogP contribution is -2.17. The zero-order valence-corrected chi connectivity index (χ0v) is 49.8. The first-order chi connectivity index (χ1) is 41.2. The van der Waals surface area contributed by atoms with E-state index in [4.69, 9.17) is 0 Å². The molecule has 0 atom stereocenters. The Labute approximate surface area is 501 Å². The van der Waals surface area contributed by atoms with Gasteiger partial charge < -0.3 is 9.80 Å². The van der Waals surface area contributed by atoms with Crippen LogP contribution in [0.2, 0.25) is 0 Å². The number of hydrogen-bond acceptors (Lipinski definition) is 2. The topological polar surface area (TPSA) is 6.48 Å². The molecule has 0 aromatic heterocycles. The molecule has 0 heterocycles. The van der Waals surface area contributed by atoms with Crippen LogP contribution in [0.15, 0.2) is 243 Å². The van der Waals surface area contributed by atoms with Crippen molar-refractivity contribution in [3.63, 3.8) is 0 Å². The van der Waals surface area contributed by atoms with Crippen molar-refractivity contribution in [2.75, 3.05) is 9.80 Å². The Morgan fingerprint density at radius 2 is 0.541 bits per heavy atom. The zero-order valence-electron chi connectivity index (χ0n) is 49.8. The maximum atomic E-state index is 2.44. The normalized spacial score (nSPS) is 14.5. The summed E-state index contributed by atoms with van der Waals surface area (Å²) in [6.45, 7) is 18.7. The van der Waals surface area contributed by atoms with E-state index in [1.165, 1.54) is 133 Å². The summed E-state index contributed by atoms with van der Waals surface area (Å²) in [6.07, 6.45) is 9.20. The van der Waals surface area contributed by atoms with Crippen molar-refractivity contribution in [3.8, 4) is 33.4 Å². The zero-order chi connectivity index (χ0) is 57.9. The molecule has 0 saturated carbocycles. The average molecular weight is 1090 g/mol. The fourth-order valence-electron chi connectivity index (χ4n) is 14.5. The van der Waals surface area contributed by atoms with E-state index in [9.17, 15) is 0 Å². The summed E-state index contributed by atoms with van der Waals surface area (Å²) in [6, 6.07) is 90.8. The third kappa shape index (κ3) is 8.60. The van der Waals surface area contributed by atoms with Crippen LogP contribution in [0.3, 0.4) is 0 Å².